The van der Waals surface area contributed by atoms with Crippen LogP contribution in [0.15, 0.2) is 22.7 Å². The number of benzene rings is 1. The molecule has 5 heteroatoms. The fraction of sp³-hybridized carbons (Fsp3) is 0. The van der Waals surface area contributed by atoms with Gasteiger partial charge in [-0.3, -0.25) is 0 Å². The second-order valence-corrected chi connectivity index (χ2v) is 2.71. The molecule has 57 valence electrons. The van der Waals surface area contributed by atoms with Crippen LogP contribution in [0, 0.1) is 5.82 Å². The highest BCUT2D eigenvalue weighted by Gasteiger charge is 2.02. The van der Waals surface area contributed by atoms with Crippen molar-refractivity contribution in [3.8, 4) is 5.75 Å². The topological polar surface area (TPSA) is 29.5 Å². The number of halogens is 2. The average molecular weight is 218 g/mol. The zero-order chi connectivity index (χ0) is 8.27. The normalized spacial score (nSPS) is 9.36. The van der Waals surface area contributed by atoms with Crippen LogP contribution in [-0.2, 0) is 0 Å². The molecule has 0 aliphatic carbocycles. The summed E-state index contributed by atoms with van der Waals surface area (Å²) < 4.78 is 17.8. The van der Waals surface area contributed by atoms with E-state index >= 15 is 0 Å². The Hall–Kier alpha value is -0.545. The van der Waals surface area contributed by atoms with E-state index in [1.807, 2.05) is 0 Å². The lowest BCUT2D eigenvalue weighted by atomic mass is 10.3. The Labute approximate surface area is 72.4 Å². The Bertz CT molecular complexity index is 256. The first-order valence-corrected chi connectivity index (χ1v) is 3.61. The van der Waals surface area contributed by atoms with Gasteiger partial charge in [-0.15, -0.1) is 0 Å². The molecule has 1 aromatic carbocycles. The Kier molecular flexibility index (Phi) is 2.90. The van der Waals surface area contributed by atoms with Crippen LogP contribution in [-0.4, -0.2) is 12.7 Å². The molecule has 0 aliphatic rings. The molecular weight excluding hydrogens is 214 g/mol. The zero-order valence-electron chi connectivity index (χ0n) is 5.42. The Morgan fingerprint density at radius 2 is 2.27 bits per heavy atom. The van der Waals surface area contributed by atoms with Crippen LogP contribution in [0.25, 0.3) is 0 Å². The van der Waals surface area contributed by atoms with Crippen molar-refractivity contribution in [2.75, 3.05) is 0 Å². The summed E-state index contributed by atoms with van der Waals surface area (Å²) in [5.41, 5.74) is 0. The van der Waals surface area contributed by atoms with Gasteiger partial charge in [0.2, 0.25) is 0 Å². The fourth-order valence-corrected chi connectivity index (χ4v) is 0.964. The Morgan fingerprint density at radius 1 is 1.55 bits per heavy atom. The third-order valence-corrected chi connectivity index (χ3v) is 1.57. The van der Waals surface area contributed by atoms with Gasteiger partial charge in [-0.2, -0.15) is 0 Å². The molecule has 0 unspecified atom stereocenters. The summed E-state index contributed by atoms with van der Waals surface area (Å²) in [5, 5.41) is 8.21. The third kappa shape index (κ3) is 2.20. The van der Waals surface area contributed by atoms with E-state index in [4.69, 9.17) is 5.02 Å². The summed E-state index contributed by atoms with van der Waals surface area (Å²) in [6, 6.07) is 4.20. The quantitative estimate of drug-likeness (QED) is 0.761. The van der Waals surface area contributed by atoms with Crippen LogP contribution < -0.4 is 4.65 Å². The van der Waals surface area contributed by atoms with E-state index in [1.165, 1.54) is 12.1 Å². The molecule has 0 saturated carbocycles. The van der Waals surface area contributed by atoms with Crippen molar-refractivity contribution >= 4 is 23.6 Å². The van der Waals surface area contributed by atoms with Crippen LogP contribution in [0.2, 0.25) is 0 Å². The highest BCUT2D eigenvalue weighted by molar-refractivity contribution is 9.10. The van der Waals surface area contributed by atoms with Gasteiger partial charge in [0.05, 0.1) is 0 Å². The molecule has 11 heavy (non-hydrogen) atoms. The maximum Gasteiger partial charge on any atom is 0.569 e. The van der Waals surface area contributed by atoms with Gasteiger partial charge < -0.3 is 9.68 Å². The monoisotopic (exact) mass is 217 g/mol. The molecular formula is C6H4BBrFO2. The van der Waals surface area contributed by atoms with Crippen molar-refractivity contribution in [2.24, 2.45) is 0 Å². The maximum absolute atomic E-state index is 12.7. The Morgan fingerprint density at radius 3 is 2.91 bits per heavy atom. The van der Waals surface area contributed by atoms with Crippen molar-refractivity contribution in [3.63, 3.8) is 0 Å². The fourth-order valence-electron chi connectivity index (χ4n) is 0.624. The third-order valence-electron chi connectivity index (χ3n) is 1.07. The summed E-state index contributed by atoms with van der Waals surface area (Å²) in [5.74, 6) is -0.527. The van der Waals surface area contributed by atoms with Gasteiger partial charge in [-0.1, -0.05) is 15.9 Å². The molecule has 0 saturated heterocycles. The van der Waals surface area contributed by atoms with Crippen molar-refractivity contribution < 1.29 is 14.1 Å². The second kappa shape index (κ2) is 3.73. The molecule has 1 N–H and O–H groups in total. The summed E-state index contributed by atoms with van der Waals surface area (Å²) >= 11 is 3.12. The summed E-state index contributed by atoms with van der Waals surface area (Å²) in [4.78, 5) is 0. The van der Waals surface area contributed by atoms with E-state index in [2.05, 4.69) is 20.6 Å². The van der Waals surface area contributed by atoms with E-state index in [9.17, 15) is 4.39 Å². The molecule has 0 aromatic heterocycles. The van der Waals surface area contributed by atoms with Crippen molar-refractivity contribution in [1.29, 1.82) is 0 Å². The van der Waals surface area contributed by atoms with Crippen LogP contribution in [0.3, 0.4) is 0 Å². The minimum absolute atomic E-state index is 0.0122. The predicted molar refractivity (Wildman–Crippen MR) is 42.7 cm³/mol. The number of hydrogen-bond donors (Lipinski definition) is 1. The molecule has 0 heterocycles. The van der Waals surface area contributed by atoms with Crippen molar-refractivity contribution in [2.45, 2.75) is 0 Å². The van der Waals surface area contributed by atoms with E-state index < -0.39 is 5.82 Å². The van der Waals surface area contributed by atoms with Crippen LogP contribution in [0.5, 0.6) is 5.75 Å². The van der Waals surface area contributed by atoms with Crippen molar-refractivity contribution in [3.05, 3.63) is 28.5 Å². The zero-order valence-corrected chi connectivity index (χ0v) is 7.01. The van der Waals surface area contributed by atoms with Gasteiger partial charge in [-0.25, -0.2) is 4.39 Å². The molecule has 1 radical (unpaired) electrons. The van der Waals surface area contributed by atoms with E-state index in [1.54, 1.807) is 6.07 Å². The largest absolute Gasteiger partial charge is 0.569 e. The van der Waals surface area contributed by atoms with Gasteiger partial charge in [0.15, 0.2) is 5.82 Å². The minimum atomic E-state index is -0.515. The summed E-state index contributed by atoms with van der Waals surface area (Å²) in [6.45, 7) is 0. The molecule has 0 atom stereocenters. The molecule has 0 aliphatic heterocycles. The smallest absolute Gasteiger partial charge is 0.535 e. The summed E-state index contributed by atoms with van der Waals surface area (Å²) in [7, 11) is 0.435. The van der Waals surface area contributed by atoms with Gasteiger partial charge >= 0.3 is 7.69 Å². The summed E-state index contributed by atoms with van der Waals surface area (Å²) in [6.07, 6.45) is 0. The molecule has 0 amide bonds. The molecule has 1 rings (SSSR count). The second-order valence-electron chi connectivity index (χ2n) is 1.80. The Balaban J connectivity index is 2.93. The molecule has 0 bridgehead atoms. The SMILES string of the molecule is O[B]Oc1cc(Br)ccc1F. The lowest BCUT2D eigenvalue weighted by Crippen LogP contribution is -2.01. The van der Waals surface area contributed by atoms with Crippen LogP contribution >= 0.6 is 15.9 Å². The van der Waals surface area contributed by atoms with Gasteiger partial charge in [0.25, 0.3) is 0 Å². The molecule has 2 nitrogen and oxygen atoms in total. The first-order valence-electron chi connectivity index (χ1n) is 2.81. The predicted octanol–water partition coefficient (Wildman–Crippen LogP) is 1.49. The molecule has 1 aromatic rings. The van der Waals surface area contributed by atoms with Gasteiger partial charge in [0, 0.05) is 4.47 Å². The van der Waals surface area contributed by atoms with Gasteiger partial charge in [-0.05, 0) is 18.2 Å². The van der Waals surface area contributed by atoms with E-state index in [-0.39, 0.29) is 5.75 Å². The molecule has 0 fully saturated rings. The van der Waals surface area contributed by atoms with Crippen LogP contribution in [0.1, 0.15) is 0 Å². The first-order chi connectivity index (χ1) is 5.24. The lowest BCUT2D eigenvalue weighted by Gasteiger charge is -2.02. The van der Waals surface area contributed by atoms with Crippen LogP contribution in [0.4, 0.5) is 4.39 Å². The highest BCUT2D eigenvalue weighted by atomic mass is 79.9. The van der Waals surface area contributed by atoms with E-state index in [0.717, 1.165) is 0 Å². The maximum atomic E-state index is 12.7. The number of rotatable bonds is 2. The minimum Gasteiger partial charge on any atom is -0.535 e. The standard InChI is InChI=1S/C6H4BBrFO2/c8-4-1-2-5(9)6(3-4)11-7-10/h1-3,10H. The average Bonchev–Trinajstić information content (AvgIpc) is 1.98. The lowest BCUT2D eigenvalue weighted by molar-refractivity contribution is 0.431. The van der Waals surface area contributed by atoms with Crippen molar-refractivity contribution in [1.82, 2.24) is 0 Å². The number of hydrogen-bond acceptors (Lipinski definition) is 2. The first kappa shape index (κ1) is 8.55. The van der Waals surface area contributed by atoms with Gasteiger partial charge in [0.1, 0.15) is 5.75 Å². The van der Waals surface area contributed by atoms with E-state index in [0.29, 0.717) is 12.2 Å². The highest BCUT2D eigenvalue weighted by Crippen LogP contribution is 2.21. The molecule has 0 spiro atoms.